The van der Waals surface area contributed by atoms with E-state index in [1.165, 1.54) is 51.6 Å². The number of ether oxygens (including phenoxy) is 4. The van der Waals surface area contributed by atoms with Crippen LogP contribution in [0.1, 0.15) is 105 Å². The van der Waals surface area contributed by atoms with Crippen LogP contribution in [-0.4, -0.2) is 68.7 Å². The zero-order chi connectivity index (χ0) is 26.8. The first kappa shape index (κ1) is 71.3. The van der Waals surface area contributed by atoms with Crippen molar-refractivity contribution in [1.29, 1.82) is 10.5 Å². The molecule has 0 aromatic carbocycles. The highest BCUT2D eigenvalue weighted by atomic mass is 16.5. The fourth-order valence-electron chi connectivity index (χ4n) is 1.78. The van der Waals surface area contributed by atoms with Gasteiger partial charge in [0, 0.05) is 37.9 Å². The van der Waals surface area contributed by atoms with E-state index in [2.05, 4.69) is 30.5 Å². The van der Waals surface area contributed by atoms with Gasteiger partial charge in [-0.1, -0.05) is 66.0 Å². The van der Waals surface area contributed by atoms with Gasteiger partial charge < -0.3 is 23.7 Å². The summed E-state index contributed by atoms with van der Waals surface area (Å²) >= 11 is 0. The van der Waals surface area contributed by atoms with Crippen LogP contribution in [0.5, 0.6) is 0 Å². The van der Waals surface area contributed by atoms with E-state index >= 15 is 0 Å². The van der Waals surface area contributed by atoms with Gasteiger partial charge in [0.2, 0.25) is 12.8 Å². The molecule has 0 aliphatic heterocycles. The lowest BCUT2D eigenvalue weighted by atomic mass is 10.2. The minimum absolute atomic E-state index is 0. The topological polar surface area (TPSA) is 185 Å². The summed E-state index contributed by atoms with van der Waals surface area (Å²) in [5.41, 5.74) is 0.452. The Balaban J connectivity index is -0.0000000376. The monoisotopic (exact) mass is 610 g/mol. The average molecular weight is 611 g/mol. The second-order valence-electron chi connectivity index (χ2n) is 6.08. The smallest absolute Gasteiger partial charge is 0.413 e. The number of ketones is 2. The van der Waals surface area contributed by atoms with Crippen LogP contribution < -0.4 is 0 Å². The summed E-state index contributed by atoms with van der Waals surface area (Å²) in [6.07, 6.45) is 5.44. The largest absolute Gasteiger partial charge is 0.469 e. The quantitative estimate of drug-likeness (QED) is 0.0673. The summed E-state index contributed by atoms with van der Waals surface area (Å²) < 4.78 is 17.4. The summed E-state index contributed by atoms with van der Waals surface area (Å²) in [6, 6.07) is 0. The van der Waals surface area contributed by atoms with Crippen LogP contribution in [0.4, 0.5) is 4.79 Å². The van der Waals surface area contributed by atoms with Crippen molar-refractivity contribution in [3.05, 3.63) is 12.3 Å². The predicted octanol–water partition coefficient (Wildman–Crippen LogP) is 7.22. The number of Topliss-reactive ketones (excluding diaryl/α,β-unsaturated/α-hetero) is 2. The second kappa shape index (κ2) is 53.1. The van der Waals surface area contributed by atoms with Crippen molar-refractivity contribution in [3.8, 4) is 12.5 Å². The number of isocyanates is 1. The number of nitriles is 2. The molecule has 0 aliphatic carbocycles. The maximum absolute atomic E-state index is 11.4. The molecule has 1 amide bonds. The van der Waals surface area contributed by atoms with Gasteiger partial charge in [-0.15, -0.1) is 0 Å². The van der Waals surface area contributed by atoms with Crippen LogP contribution in [0.25, 0.3) is 0 Å². The number of hydrogen-bond acceptors (Lipinski definition) is 12. The van der Waals surface area contributed by atoms with Crippen LogP contribution in [0.2, 0.25) is 0 Å². The predicted molar refractivity (Wildman–Crippen MR) is 170 cm³/mol. The number of hydrogen-bond donors (Lipinski definition) is 0. The van der Waals surface area contributed by atoms with E-state index in [1.807, 2.05) is 0 Å². The molecule has 0 aliphatic rings. The Morgan fingerprint density at radius 3 is 1.60 bits per heavy atom. The highest BCUT2D eigenvalue weighted by Crippen LogP contribution is 2.10. The van der Waals surface area contributed by atoms with Crippen LogP contribution in [0.3, 0.4) is 0 Å². The number of amides is 1. The molecule has 0 aromatic heterocycles. The molecule has 0 saturated heterocycles. The first-order chi connectivity index (χ1) is 16.1. The number of esters is 1. The van der Waals surface area contributed by atoms with Crippen molar-refractivity contribution in [2.75, 3.05) is 34.1 Å². The lowest BCUT2D eigenvalue weighted by Crippen LogP contribution is -2.32. The van der Waals surface area contributed by atoms with Crippen molar-refractivity contribution in [2.24, 2.45) is 4.99 Å². The van der Waals surface area contributed by atoms with Crippen LogP contribution in [0.15, 0.2) is 17.3 Å². The summed E-state index contributed by atoms with van der Waals surface area (Å²) in [7, 11) is 2.60. The van der Waals surface area contributed by atoms with Gasteiger partial charge in [-0.25, -0.2) is 9.59 Å². The third-order valence-corrected chi connectivity index (χ3v) is 3.42. The van der Waals surface area contributed by atoms with E-state index in [0.29, 0.717) is 31.4 Å². The molecule has 0 heterocycles. The molecule has 13 nitrogen and oxygen atoms in total. The Morgan fingerprint density at radius 1 is 0.762 bits per heavy atom. The highest BCUT2D eigenvalue weighted by molar-refractivity contribution is 5.77. The standard InChI is InChI=1S/C11H16N2O4.C7H12O3.C3H2N2O2.8CH4/c1-9(5-7-17-8-12)13(11(15)16-3)6-4-10(2)14;1-6(8)4-3-5-7(9)10-2;4-1-7-3-5-2-6;;;;;;;;/h1,4-7H2,2-3H3;3-5H2,1-2H3;3H2;8*1H4. The number of rotatable bonds is 13. The maximum atomic E-state index is 11.4. The fraction of sp³-hybridized carbons (Fsp3) is 0.690. The van der Waals surface area contributed by atoms with E-state index in [-0.39, 0.29) is 103 Å². The Bertz CT molecular complexity index is 783. The van der Waals surface area contributed by atoms with Crippen molar-refractivity contribution >= 4 is 29.7 Å². The third-order valence-electron chi connectivity index (χ3n) is 3.42. The van der Waals surface area contributed by atoms with Crippen LogP contribution in [0, 0.1) is 23.0 Å². The van der Waals surface area contributed by atoms with Crippen molar-refractivity contribution in [2.45, 2.75) is 105 Å². The lowest BCUT2D eigenvalue weighted by molar-refractivity contribution is -0.140. The summed E-state index contributed by atoms with van der Waals surface area (Å²) in [5.74, 6) is -0.162. The minimum atomic E-state index is -0.576. The van der Waals surface area contributed by atoms with Crippen LogP contribution in [-0.2, 0) is 38.1 Å². The molecule has 0 atom stereocenters. The van der Waals surface area contributed by atoms with Gasteiger partial charge in [0.05, 0.1) is 14.2 Å². The fourth-order valence-corrected chi connectivity index (χ4v) is 1.78. The SMILES string of the molecule is C.C.C.C.C.C.C.C.C=C(CCOC#N)N(CCC(C)=O)C(=O)OC.COC(=O)CCCC(C)=O.N#COCN=C=O. The van der Waals surface area contributed by atoms with Crippen LogP contribution >= 0.6 is 0 Å². The molecular formula is C29H62N4O9. The van der Waals surface area contributed by atoms with Gasteiger partial charge in [-0.3, -0.25) is 14.5 Å². The van der Waals surface area contributed by atoms with Crippen molar-refractivity contribution < 1.29 is 42.9 Å². The number of nitrogens with zero attached hydrogens (tertiary/aromatic N) is 4. The molecule has 13 heteroatoms. The average Bonchev–Trinajstić information content (AvgIpc) is 2.79. The molecule has 0 unspecified atom stereocenters. The Labute approximate surface area is 257 Å². The van der Waals surface area contributed by atoms with E-state index in [9.17, 15) is 24.0 Å². The second-order valence-corrected chi connectivity index (χ2v) is 6.08. The Morgan fingerprint density at radius 2 is 1.24 bits per heavy atom. The molecule has 0 radical (unpaired) electrons. The molecule has 42 heavy (non-hydrogen) atoms. The summed E-state index contributed by atoms with van der Waals surface area (Å²) in [4.78, 5) is 56.5. The van der Waals surface area contributed by atoms with Gasteiger partial charge in [0.1, 0.15) is 18.2 Å². The number of carbonyl (C=O) groups excluding carboxylic acids is 5. The molecule has 0 fully saturated rings. The van der Waals surface area contributed by atoms with E-state index < -0.39 is 6.09 Å². The number of methoxy groups -OCH3 is 2. The Hall–Kier alpha value is -4.22. The van der Waals surface area contributed by atoms with Gasteiger partial charge >= 0.3 is 12.1 Å². The van der Waals surface area contributed by atoms with E-state index in [1.54, 1.807) is 0 Å². The molecule has 252 valence electrons. The Kier molecular flexibility index (Phi) is 90.1. The van der Waals surface area contributed by atoms with Gasteiger partial charge in [-0.2, -0.15) is 15.5 Å². The zero-order valence-corrected chi connectivity index (χ0v) is 19.8. The van der Waals surface area contributed by atoms with Crippen molar-refractivity contribution in [1.82, 2.24) is 4.90 Å². The van der Waals surface area contributed by atoms with Gasteiger partial charge in [0.25, 0.3) is 12.5 Å². The minimum Gasteiger partial charge on any atom is -0.469 e. The molecule has 0 rings (SSSR count). The summed E-state index contributed by atoms with van der Waals surface area (Å²) in [5, 5.41) is 15.8. The maximum Gasteiger partial charge on any atom is 0.413 e. The normalized spacial score (nSPS) is 6.71. The molecule has 0 spiro atoms. The van der Waals surface area contributed by atoms with Crippen molar-refractivity contribution in [3.63, 3.8) is 0 Å². The molecule has 0 N–H and O–H groups in total. The first-order valence-electron chi connectivity index (χ1n) is 9.75. The van der Waals surface area contributed by atoms with Gasteiger partial charge in [0.15, 0.2) is 0 Å². The number of carbonyl (C=O) groups is 4. The lowest BCUT2D eigenvalue weighted by Gasteiger charge is -2.22. The highest BCUT2D eigenvalue weighted by Gasteiger charge is 2.17. The summed E-state index contributed by atoms with van der Waals surface area (Å²) in [6.45, 7) is 6.79. The molecule has 0 bridgehead atoms. The van der Waals surface area contributed by atoms with E-state index in [4.69, 9.17) is 10.5 Å². The molecule has 0 aromatic rings. The first-order valence-corrected chi connectivity index (χ1v) is 9.75. The zero-order valence-electron chi connectivity index (χ0n) is 19.8. The third kappa shape index (κ3) is 56.1. The molecular weight excluding hydrogens is 548 g/mol. The number of aliphatic imine (C=N–C) groups is 1. The molecule has 0 saturated carbocycles. The van der Waals surface area contributed by atoms with Gasteiger partial charge in [-0.05, 0) is 20.3 Å². The van der Waals surface area contributed by atoms with E-state index in [0.717, 1.165) is 0 Å².